The number of anilines is 1. The molecule has 0 aliphatic heterocycles. The third kappa shape index (κ3) is 4.24. The van der Waals surface area contributed by atoms with Crippen molar-refractivity contribution >= 4 is 11.7 Å². The SMILES string of the molecule is Cc1cc(C)c(C)c(NCC(O)CCC(=O)O)c1C. The predicted octanol–water partition coefficient (Wildman–Crippen LogP) is 2.56. The second-order valence-electron chi connectivity index (χ2n) is 5.10. The van der Waals surface area contributed by atoms with Gasteiger partial charge in [0.2, 0.25) is 0 Å². The molecule has 0 fully saturated rings. The third-order valence-corrected chi connectivity index (χ3v) is 3.57. The fourth-order valence-corrected chi connectivity index (χ4v) is 2.09. The van der Waals surface area contributed by atoms with E-state index in [1.165, 1.54) is 22.3 Å². The zero-order valence-electron chi connectivity index (χ0n) is 12.1. The van der Waals surface area contributed by atoms with Crippen LogP contribution in [0.4, 0.5) is 5.69 Å². The van der Waals surface area contributed by atoms with E-state index in [4.69, 9.17) is 5.11 Å². The lowest BCUT2D eigenvalue weighted by Crippen LogP contribution is -2.21. The summed E-state index contributed by atoms with van der Waals surface area (Å²) in [5, 5.41) is 21.6. The Morgan fingerprint density at radius 2 is 1.74 bits per heavy atom. The van der Waals surface area contributed by atoms with Gasteiger partial charge in [-0.1, -0.05) is 6.07 Å². The Hall–Kier alpha value is -1.55. The maximum atomic E-state index is 10.4. The molecule has 0 amide bonds. The monoisotopic (exact) mass is 265 g/mol. The summed E-state index contributed by atoms with van der Waals surface area (Å²) >= 11 is 0. The van der Waals surface area contributed by atoms with Crippen LogP contribution in [0, 0.1) is 27.7 Å². The Morgan fingerprint density at radius 3 is 2.21 bits per heavy atom. The second kappa shape index (κ2) is 6.57. The first-order chi connectivity index (χ1) is 8.82. The van der Waals surface area contributed by atoms with Crippen LogP contribution in [0.2, 0.25) is 0 Å². The van der Waals surface area contributed by atoms with Crippen LogP contribution in [0.15, 0.2) is 6.07 Å². The molecule has 1 rings (SSSR count). The van der Waals surface area contributed by atoms with Gasteiger partial charge in [0.25, 0.3) is 0 Å². The first kappa shape index (κ1) is 15.5. The fourth-order valence-electron chi connectivity index (χ4n) is 2.09. The average Bonchev–Trinajstić information content (AvgIpc) is 2.34. The number of nitrogens with one attached hydrogen (secondary N) is 1. The predicted molar refractivity (Wildman–Crippen MR) is 76.8 cm³/mol. The van der Waals surface area contributed by atoms with Gasteiger partial charge in [-0.25, -0.2) is 0 Å². The first-order valence-corrected chi connectivity index (χ1v) is 6.54. The minimum Gasteiger partial charge on any atom is -0.481 e. The van der Waals surface area contributed by atoms with E-state index in [2.05, 4.69) is 25.2 Å². The Labute approximate surface area is 114 Å². The van der Waals surface area contributed by atoms with Gasteiger partial charge < -0.3 is 15.5 Å². The standard InChI is InChI=1S/C15H23NO3/c1-9-7-10(2)12(4)15(11(9)3)16-8-13(17)5-6-14(18)19/h7,13,16-17H,5-6,8H2,1-4H3,(H,18,19). The van der Waals surface area contributed by atoms with E-state index in [1.54, 1.807) is 0 Å². The van der Waals surface area contributed by atoms with Crippen molar-refractivity contribution in [3.63, 3.8) is 0 Å². The van der Waals surface area contributed by atoms with Crippen LogP contribution in [-0.4, -0.2) is 28.8 Å². The molecule has 0 saturated carbocycles. The Morgan fingerprint density at radius 1 is 1.21 bits per heavy atom. The topological polar surface area (TPSA) is 69.6 Å². The van der Waals surface area contributed by atoms with Crippen molar-refractivity contribution in [2.45, 2.75) is 46.6 Å². The number of rotatable bonds is 6. The van der Waals surface area contributed by atoms with Crippen molar-refractivity contribution in [3.05, 3.63) is 28.3 Å². The fraction of sp³-hybridized carbons (Fsp3) is 0.533. The molecule has 0 aliphatic rings. The summed E-state index contributed by atoms with van der Waals surface area (Å²) < 4.78 is 0. The van der Waals surface area contributed by atoms with Crippen molar-refractivity contribution in [2.75, 3.05) is 11.9 Å². The number of aliphatic carboxylic acids is 1. The highest BCUT2D eigenvalue weighted by Crippen LogP contribution is 2.26. The maximum absolute atomic E-state index is 10.4. The molecule has 0 saturated heterocycles. The van der Waals surface area contributed by atoms with Crippen LogP contribution in [0.1, 0.15) is 35.1 Å². The number of carboxylic acid groups (broad SMARTS) is 1. The minimum atomic E-state index is -0.877. The van der Waals surface area contributed by atoms with Crippen LogP contribution in [-0.2, 0) is 4.79 Å². The lowest BCUT2D eigenvalue weighted by Gasteiger charge is -2.19. The molecule has 3 N–H and O–H groups in total. The normalized spacial score (nSPS) is 12.3. The van der Waals surface area contributed by atoms with Gasteiger partial charge >= 0.3 is 5.97 Å². The number of carbonyl (C=O) groups is 1. The van der Waals surface area contributed by atoms with Gasteiger partial charge in [0.1, 0.15) is 0 Å². The molecule has 106 valence electrons. The van der Waals surface area contributed by atoms with Crippen LogP contribution < -0.4 is 5.32 Å². The van der Waals surface area contributed by atoms with Gasteiger partial charge in [-0.05, 0) is 56.4 Å². The van der Waals surface area contributed by atoms with Gasteiger partial charge in [0, 0.05) is 18.7 Å². The molecule has 1 aromatic rings. The van der Waals surface area contributed by atoms with E-state index >= 15 is 0 Å². The largest absolute Gasteiger partial charge is 0.481 e. The molecule has 19 heavy (non-hydrogen) atoms. The summed E-state index contributed by atoms with van der Waals surface area (Å²) in [6.07, 6.45) is -0.380. The quantitative estimate of drug-likeness (QED) is 0.739. The molecule has 0 heterocycles. The Bertz CT molecular complexity index is 443. The molecule has 0 radical (unpaired) electrons. The van der Waals surface area contributed by atoms with Gasteiger partial charge in [0.15, 0.2) is 0 Å². The van der Waals surface area contributed by atoms with E-state index in [-0.39, 0.29) is 12.8 Å². The molecule has 4 heteroatoms. The number of benzene rings is 1. The molecule has 0 aliphatic carbocycles. The zero-order chi connectivity index (χ0) is 14.6. The van der Waals surface area contributed by atoms with E-state index < -0.39 is 12.1 Å². The van der Waals surface area contributed by atoms with Crippen molar-refractivity contribution in [1.82, 2.24) is 0 Å². The highest BCUT2D eigenvalue weighted by atomic mass is 16.4. The van der Waals surface area contributed by atoms with Crippen LogP contribution in [0.5, 0.6) is 0 Å². The van der Waals surface area contributed by atoms with E-state index in [0.29, 0.717) is 6.54 Å². The molecule has 1 atom stereocenters. The minimum absolute atomic E-state index is 0.00629. The van der Waals surface area contributed by atoms with Gasteiger partial charge in [-0.3, -0.25) is 4.79 Å². The number of hydrogen-bond donors (Lipinski definition) is 3. The number of aryl methyl sites for hydroxylation is 2. The van der Waals surface area contributed by atoms with Crippen molar-refractivity contribution < 1.29 is 15.0 Å². The first-order valence-electron chi connectivity index (χ1n) is 6.54. The van der Waals surface area contributed by atoms with E-state index in [9.17, 15) is 9.90 Å². The number of aliphatic hydroxyl groups is 1. The maximum Gasteiger partial charge on any atom is 0.303 e. The summed E-state index contributed by atoms with van der Waals surface area (Å²) in [7, 11) is 0. The zero-order valence-corrected chi connectivity index (χ0v) is 12.1. The number of aliphatic hydroxyl groups excluding tert-OH is 1. The van der Waals surface area contributed by atoms with E-state index in [1.807, 2.05) is 13.8 Å². The van der Waals surface area contributed by atoms with Crippen molar-refractivity contribution in [1.29, 1.82) is 0 Å². The second-order valence-corrected chi connectivity index (χ2v) is 5.10. The molecule has 1 aromatic carbocycles. The highest BCUT2D eigenvalue weighted by molar-refractivity contribution is 5.66. The number of carboxylic acids is 1. The highest BCUT2D eigenvalue weighted by Gasteiger charge is 2.11. The summed E-state index contributed by atoms with van der Waals surface area (Å²) in [5.74, 6) is -0.877. The third-order valence-electron chi connectivity index (χ3n) is 3.57. The summed E-state index contributed by atoms with van der Waals surface area (Å²) in [4.78, 5) is 10.4. The van der Waals surface area contributed by atoms with Gasteiger partial charge in [0.05, 0.1) is 6.10 Å². The molecule has 1 unspecified atom stereocenters. The number of hydrogen-bond acceptors (Lipinski definition) is 3. The summed E-state index contributed by atoms with van der Waals surface area (Å²) in [6, 6.07) is 2.15. The lowest BCUT2D eigenvalue weighted by molar-refractivity contribution is -0.137. The average molecular weight is 265 g/mol. The van der Waals surface area contributed by atoms with Gasteiger partial charge in [-0.2, -0.15) is 0 Å². The van der Waals surface area contributed by atoms with Crippen molar-refractivity contribution in [2.24, 2.45) is 0 Å². The van der Waals surface area contributed by atoms with Crippen LogP contribution >= 0.6 is 0 Å². The molecule has 0 spiro atoms. The van der Waals surface area contributed by atoms with Crippen LogP contribution in [0.3, 0.4) is 0 Å². The molecule has 0 aromatic heterocycles. The van der Waals surface area contributed by atoms with E-state index in [0.717, 1.165) is 5.69 Å². The smallest absolute Gasteiger partial charge is 0.303 e. The molecular formula is C15H23NO3. The Kier molecular flexibility index (Phi) is 5.36. The molecular weight excluding hydrogens is 242 g/mol. The molecule has 0 bridgehead atoms. The molecule has 4 nitrogen and oxygen atoms in total. The Balaban J connectivity index is 2.70. The summed E-state index contributed by atoms with van der Waals surface area (Å²) in [5.41, 5.74) is 5.82. The van der Waals surface area contributed by atoms with Crippen LogP contribution in [0.25, 0.3) is 0 Å². The van der Waals surface area contributed by atoms with Gasteiger partial charge in [-0.15, -0.1) is 0 Å². The summed E-state index contributed by atoms with van der Waals surface area (Å²) in [6.45, 7) is 8.60. The lowest BCUT2D eigenvalue weighted by atomic mass is 9.98. The van der Waals surface area contributed by atoms with Crippen molar-refractivity contribution in [3.8, 4) is 0 Å².